The van der Waals surface area contributed by atoms with Crippen molar-refractivity contribution in [3.63, 3.8) is 0 Å². The lowest BCUT2D eigenvalue weighted by atomic mass is 9.98. The first-order valence-electron chi connectivity index (χ1n) is 6.04. The summed E-state index contributed by atoms with van der Waals surface area (Å²) in [6.45, 7) is 3.60. The van der Waals surface area contributed by atoms with E-state index in [-0.39, 0.29) is 24.4 Å². The van der Waals surface area contributed by atoms with E-state index < -0.39 is 11.9 Å². The molecule has 0 saturated carbocycles. The van der Waals surface area contributed by atoms with Crippen LogP contribution in [0.5, 0.6) is 0 Å². The van der Waals surface area contributed by atoms with Crippen molar-refractivity contribution in [2.45, 2.75) is 26.7 Å². The number of aliphatic carboxylic acids is 1. The molecule has 0 aliphatic rings. The third-order valence-corrected chi connectivity index (χ3v) is 2.59. The van der Waals surface area contributed by atoms with Gasteiger partial charge >= 0.3 is 11.9 Å². The molecule has 102 valence electrons. The molecule has 0 atom stereocenters. The Labute approximate surface area is 111 Å². The first-order valence-corrected chi connectivity index (χ1v) is 6.04. The summed E-state index contributed by atoms with van der Waals surface area (Å²) in [5.41, 5.74) is 0.897. The highest BCUT2D eigenvalue weighted by molar-refractivity contribution is 5.99. The van der Waals surface area contributed by atoms with Crippen LogP contribution in [-0.4, -0.2) is 29.4 Å². The molecule has 0 aromatic heterocycles. The number of esters is 1. The average Bonchev–Trinajstić information content (AvgIpc) is 2.37. The maximum atomic E-state index is 11.7. The van der Waals surface area contributed by atoms with E-state index in [0.717, 1.165) is 0 Å². The van der Waals surface area contributed by atoms with Gasteiger partial charge < -0.3 is 9.84 Å². The summed E-state index contributed by atoms with van der Waals surface area (Å²) in [6, 6.07) is 4.41. The number of hydrogen-bond acceptors (Lipinski definition) is 4. The average molecular weight is 264 g/mol. The molecular formula is C14H16O5. The molecule has 5 heteroatoms. The number of ether oxygens (including phenoxy) is 1. The molecule has 0 aliphatic heterocycles. The predicted octanol–water partition coefficient (Wildman–Crippen LogP) is 2.08. The smallest absolute Gasteiger partial charge is 0.338 e. The third kappa shape index (κ3) is 3.91. The van der Waals surface area contributed by atoms with E-state index in [1.165, 1.54) is 18.2 Å². The summed E-state index contributed by atoms with van der Waals surface area (Å²) >= 11 is 0. The number of benzene rings is 1. The molecule has 1 rings (SSSR count). The number of carbonyl (C=O) groups excluding carboxylic acids is 2. The van der Waals surface area contributed by atoms with Gasteiger partial charge in [0.2, 0.25) is 0 Å². The molecule has 0 saturated heterocycles. The van der Waals surface area contributed by atoms with E-state index >= 15 is 0 Å². The lowest BCUT2D eigenvalue weighted by Crippen LogP contribution is -2.12. The van der Waals surface area contributed by atoms with Crippen LogP contribution in [0.3, 0.4) is 0 Å². The van der Waals surface area contributed by atoms with Crippen LogP contribution >= 0.6 is 0 Å². The zero-order valence-electron chi connectivity index (χ0n) is 10.9. The number of carboxylic acids is 1. The van der Waals surface area contributed by atoms with E-state index in [9.17, 15) is 14.4 Å². The van der Waals surface area contributed by atoms with Crippen LogP contribution in [-0.2, 0) is 16.0 Å². The monoisotopic (exact) mass is 264 g/mol. The molecule has 19 heavy (non-hydrogen) atoms. The molecule has 0 unspecified atom stereocenters. The SMILES string of the molecule is CCOC(=O)c1ccc(C(=O)CC)cc1CC(=O)O. The van der Waals surface area contributed by atoms with E-state index in [2.05, 4.69) is 0 Å². The fraction of sp³-hybridized carbons (Fsp3) is 0.357. The molecule has 0 aliphatic carbocycles. The topological polar surface area (TPSA) is 80.7 Å². The van der Waals surface area contributed by atoms with Crippen molar-refractivity contribution in [2.24, 2.45) is 0 Å². The molecule has 1 N–H and O–H groups in total. The van der Waals surface area contributed by atoms with Gasteiger partial charge in [0.05, 0.1) is 18.6 Å². The van der Waals surface area contributed by atoms with Gasteiger partial charge in [0, 0.05) is 12.0 Å². The number of hydrogen-bond donors (Lipinski definition) is 1. The van der Waals surface area contributed by atoms with E-state index in [1.807, 2.05) is 0 Å². The van der Waals surface area contributed by atoms with Crippen LogP contribution in [0, 0.1) is 0 Å². The molecule has 5 nitrogen and oxygen atoms in total. The Morgan fingerprint density at radius 3 is 2.42 bits per heavy atom. The van der Waals surface area contributed by atoms with Gasteiger partial charge in [0.1, 0.15) is 0 Å². The van der Waals surface area contributed by atoms with Gasteiger partial charge in [-0.05, 0) is 24.6 Å². The zero-order valence-corrected chi connectivity index (χ0v) is 10.9. The summed E-state index contributed by atoms with van der Waals surface area (Å²) in [7, 11) is 0. The highest BCUT2D eigenvalue weighted by Gasteiger charge is 2.16. The highest BCUT2D eigenvalue weighted by Crippen LogP contribution is 2.16. The fourth-order valence-electron chi connectivity index (χ4n) is 1.69. The number of carboxylic acid groups (broad SMARTS) is 1. The molecule has 1 aromatic rings. The molecule has 1 aromatic carbocycles. The standard InChI is InChI=1S/C14H16O5/c1-3-12(15)9-5-6-11(14(18)19-4-2)10(7-9)8-13(16)17/h5-7H,3-4,8H2,1-2H3,(H,16,17). The zero-order chi connectivity index (χ0) is 14.4. The second-order valence-corrected chi connectivity index (χ2v) is 3.94. The number of carbonyl (C=O) groups is 3. The summed E-state index contributed by atoms with van der Waals surface area (Å²) in [4.78, 5) is 34.1. The van der Waals surface area contributed by atoms with Crippen LogP contribution in [0.15, 0.2) is 18.2 Å². The number of ketones is 1. The van der Waals surface area contributed by atoms with Crippen LogP contribution in [0.25, 0.3) is 0 Å². The molecule has 0 amide bonds. The molecule has 0 spiro atoms. The highest BCUT2D eigenvalue weighted by atomic mass is 16.5. The van der Waals surface area contributed by atoms with Crippen LogP contribution in [0.2, 0.25) is 0 Å². The maximum Gasteiger partial charge on any atom is 0.338 e. The second kappa shape index (κ2) is 6.68. The van der Waals surface area contributed by atoms with Crippen molar-refractivity contribution in [1.82, 2.24) is 0 Å². The normalized spacial score (nSPS) is 10.0. The fourth-order valence-corrected chi connectivity index (χ4v) is 1.69. The van der Waals surface area contributed by atoms with Gasteiger partial charge in [0.15, 0.2) is 5.78 Å². The summed E-state index contributed by atoms with van der Waals surface area (Å²) in [6.07, 6.45) is 0.00421. The summed E-state index contributed by atoms with van der Waals surface area (Å²) < 4.78 is 4.86. The minimum atomic E-state index is -1.06. The summed E-state index contributed by atoms with van der Waals surface area (Å²) in [5.74, 6) is -1.73. The van der Waals surface area contributed by atoms with Crippen molar-refractivity contribution in [2.75, 3.05) is 6.61 Å². The first kappa shape index (κ1) is 14.9. The lowest BCUT2D eigenvalue weighted by Gasteiger charge is -2.09. The maximum absolute atomic E-state index is 11.7. The predicted molar refractivity (Wildman–Crippen MR) is 68.4 cm³/mol. The Bertz CT molecular complexity index is 505. The van der Waals surface area contributed by atoms with E-state index in [4.69, 9.17) is 9.84 Å². The van der Waals surface area contributed by atoms with Crippen LogP contribution in [0.1, 0.15) is 46.5 Å². The van der Waals surface area contributed by atoms with Crippen LogP contribution < -0.4 is 0 Å². The molecule has 0 radical (unpaired) electrons. The Morgan fingerprint density at radius 1 is 1.21 bits per heavy atom. The van der Waals surface area contributed by atoms with Crippen molar-refractivity contribution >= 4 is 17.7 Å². The van der Waals surface area contributed by atoms with Crippen molar-refractivity contribution in [3.8, 4) is 0 Å². The lowest BCUT2D eigenvalue weighted by molar-refractivity contribution is -0.136. The number of Topliss-reactive ketones (excluding diaryl/α,β-unsaturated/α-hetero) is 1. The van der Waals surface area contributed by atoms with Crippen molar-refractivity contribution in [1.29, 1.82) is 0 Å². The minimum absolute atomic E-state index is 0.0953. The molecular weight excluding hydrogens is 248 g/mol. The van der Waals surface area contributed by atoms with Gasteiger partial charge in [0.25, 0.3) is 0 Å². The molecule has 0 fully saturated rings. The number of rotatable bonds is 6. The Kier molecular flexibility index (Phi) is 5.23. The van der Waals surface area contributed by atoms with Gasteiger partial charge in [-0.1, -0.05) is 13.0 Å². The largest absolute Gasteiger partial charge is 0.481 e. The summed E-state index contributed by atoms with van der Waals surface area (Å²) in [5, 5.41) is 8.85. The third-order valence-electron chi connectivity index (χ3n) is 2.59. The van der Waals surface area contributed by atoms with Gasteiger partial charge in [-0.25, -0.2) is 4.79 Å². The Hall–Kier alpha value is -2.17. The Balaban J connectivity index is 3.19. The van der Waals surface area contributed by atoms with E-state index in [1.54, 1.807) is 13.8 Å². The molecule has 0 heterocycles. The van der Waals surface area contributed by atoms with Crippen LogP contribution in [0.4, 0.5) is 0 Å². The first-order chi connectivity index (χ1) is 8.99. The van der Waals surface area contributed by atoms with Gasteiger partial charge in [-0.2, -0.15) is 0 Å². The van der Waals surface area contributed by atoms with Gasteiger partial charge in [-0.15, -0.1) is 0 Å². The Morgan fingerprint density at radius 2 is 1.89 bits per heavy atom. The molecule has 0 bridgehead atoms. The van der Waals surface area contributed by atoms with Crippen molar-refractivity contribution < 1.29 is 24.2 Å². The minimum Gasteiger partial charge on any atom is -0.481 e. The second-order valence-electron chi connectivity index (χ2n) is 3.94. The van der Waals surface area contributed by atoms with Gasteiger partial charge in [-0.3, -0.25) is 9.59 Å². The van der Waals surface area contributed by atoms with Crippen molar-refractivity contribution in [3.05, 3.63) is 34.9 Å². The quantitative estimate of drug-likeness (QED) is 0.628. The van der Waals surface area contributed by atoms with E-state index in [0.29, 0.717) is 17.5 Å².